The minimum atomic E-state index is -0.281. The van der Waals surface area contributed by atoms with Crippen molar-refractivity contribution in [1.29, 1.82) is 0 Å². The predicted molar refractivity (Wildman–Crippen MR) is 70.5 cm³/mol. The second-order valence-electron chi connectivity index (χ2n) is 4.61. The number of para-hydroxylation sites is 1. The van der Waals surface area contributed by atoms with Crippen LogP contribution < -0.4 is 4.90 Å². The van der Waals surface area contributed by atoms with Gasteiger partial charge < -0.3 is 9.64 Å². The highest BCUT2D eigenvalue weighted by atomic mass is 16.5. The van der Waals surface area contributed by atoms with Gasteiger partial charge in [0, 0.05) is 13.6 Å². The van der Waals surface area contributed by atoms with E-state index in [-0.39, 0.29) is 5.97 Å². The largest absolute Gasteiger partial charge is 0.465 e. The summed E-state index contributed by atoms with van der Waals surface area (Å²) in [6.45, 7) is 5.33. The normalized spacial score (nSPS) is 10.4. The third kappa shape index (κ3) is 3.77. The SMILES string of the molecule is COC(=O)c1ccccc1N(C)CCC(C)C. The minimum absolute atomic E-state index is 0.281. The van der Waals surface area contributed by atoms with Gasteiger partial charge in [-0.1, -0.05) is 26.0 Å². The van der Waals surface area contributed by atoms with Gasteiger partial charge in [0.05, 0.1) is 18.4 Å². The Morgan fingerprint density at radius 1 is 1.35 bits per heavy atom. The van der Waals surface area contributed by atoms with E-state index < -0.39 is 0 Å². The average Bonchev–Trinajstić information content (AvgIpc) is 2.34. The lowest BCUT2D eigenvalue weighted by Gasteiger charge is -2.22. The van der Waals surface area contributed by atoms with Gasteiger partial charge in [-0.2, -0.15) is 0 Å². The number of esters is 1. The fourth-order valence-corrected chi connectivity index (χ4v) is 1.66. The Bertz CT molecular complexity index is 374. The summed E-state index contributed by atoms with van der Waals surface area (Å²) in [6, 6.07) is 7.54. The molecule has 0 fully saturated rings. The summed E-state index contributed by atoms with van der Waals surface area (Å²) in [5.41, 5.74) is 1.56. The van der Waals surface area contributed by atoms with Crippen molar-refractivity contribution in [3.05, 3.63) is 29.8 Å². The summed E-state index contributed by atoms with van der Waals surface area (Å²) in [6.07, 6.45) is 1.10. The van der Waals surface area contributed by atoms with Crippen molar-refractivity contribution in [2.75, 3.05) is 25.6 Å². The molecule has 3 nitrogen and oxygen atoms in total. The van der Waals surface area contributed by atoms with Gasteiger partial charge in [-0.25, -0.2) is 4.79 Å². The molecule has 0 amide bonds. The van der Waals surface area contributed by atoms with E-state index in [4.69, 9.17) is 4.74 Å². The Kier molecular flexibility index (Phi) is 5.01. The number of carbonyl (C=O) groups excluding carboxylic acids is 1. The summed E-state index contributed by atoms with van der Waals surface area (Å²) >= 11 is 0. The van der Waals surface area contributed by atoms with Gasteiger partial charge in [-0.15, -0.1) is 0 Å². The first-order chi connectivity index (χ1) is 8.06. The Morgan fingerprint density at radius 3 is 2.59 bits per heavy atom. The van der Waals surface area contributed by atoms with Gasteiger partial charge in [-0.05, 0) is 24.5 Å². The molecule has 1 aromatic carbocycles. The van der Waals surface area contributed by atoms with E-state index in [0.29, 0.717) is 11.5 Å². The van der Waals surface area contributed by atoms with Crippen LogP contribution in [0.25, 0.3) is 0 Å². The summed E-state index contributed by atoms with van der Waals surface area (Å²) in [5, 5.41) is 0. The molecule has 1 aromatic rings. The van der Waals surface area contributed by atoms with Crippen LogP contribution in [0.5, 0.6) is 0 Å². The maximum Gasteiger partial charge on any atom is 0.339 e. The second kappa shape index (κ2) is 6.28. The zero-order valence-electron chi connectivity index (χ0n) is 11.1. The van der Waals surface area contributed by atoms with Crippen molar-refractivity contribution >= 4 is 11.7 Å². The van der Waals surface area contributed by atoms with Crippen LogP contribution in [-0.2, 0) is 4.74 Å². The number of anilines is 1. The van der Waals surface area contributed by atoms with E-state index in [1.54, 1.807) is 6.07 Å². The Balaban J connectivity index is 2.85. The third-order valence-electron chi connectivity index (χ3n) is 2.76. The lowest BCUT2D eigenvalue weighted by Crippen LogP contribution is -2.22. The molecular weight excluding hydrogens is 214 g/mol. The van der Waals surface area contributed by atoms with Crippen LogP contribution in [0.2, 0.25) is 0 Å². The predicted octanol–water partition coefficient (Wildman–Crippen LogP) is 2.96. The van der Waals surface area contributed by atoms with E-state index in [1.807, 2.05) is 25.2 Å². The molecular formula is C14H21NO2. The van der Waals surface area contributed by atoms with Gasteiger partial charge in [0.2, 0.25) is 0 Å². The summed E-state index contributed by atoms with van der Waals surface area (Å²) in [5.74, 6) is 0.375. The second-order valence-corrected chi connectivity index (χ2v) is 4.61. The summed E-state index contributed by atoms with van der Waals surface area (Å²) < 4.78 is 4.79. The lowest BCUT2D eigenvalue weighted by molar-refractivity contribution is 0.0601. The molecule has 0 aliphatic rings. The van der Waals surface area contributed by atoms with Crippen LogP contribution in [-0.4, -0.2) is 26.7 Å². The van der Waals surface area contributed by atoms with Crippen molar-refractivity contribution in [3.63, 3.8) is 0 Å². The Labute approximate surface area is 103 Å². The monoisotopic (exact) mass is 235 g/mol. The number of nitrogens with zero attached hydrogens (tertiary/aromatic N) is 1. The molecule has 0 bridgehead atoms. The molecule has 0 spiro atoms. The van der Waals surface area contributed by atoms with Gasteiger partial charge in [0.15, 0.2) is 0 Å². The number of hydrogen-bond acceptors (Lipinski definition) is 3. The van der Waals surface area contributed by atoms with E-state index in [9.17, 15) is 4.79 Å². The van der Waals surface area contributed by atoms with Crippen LogP contribution >= 0.6 is 0 Å². The summed E-state index contributed by atoms with van der Waals surface area (Å²) in [4.78, 5) is 13.7. The number of benzene rings is 1. The number of hydrogen-bond donors (Lipinski definition) is 0. The van der Waals surface area contributed by atoms with Crippen molar-refractivity contribution in [3.8, 4) is 0 Å². The molecule has 0 radical (unpaired) electrons. The van der Waals surface area contributed by atoms with Gasteiger partial charge in [0.1, 0.15) is 0 Å². The van der Waals surface area contributed by atoms with E-state index in [1.165, 1.54) is 7.11 Å². The van der Waals surface area contributed by atoms with Crippen molar-refractivity contribution < 1.29 is 9.53 Å². The molecule has 0 saturated carbocycles. The highest BCUT2D eigenvalue weighted by Gasteiger charge is 2.13. The smallest absolute Gasteiger partial charge is 0.339 e. The van der Waals surface area contributed by atoms with Gasteiger partial charge >= 0.3 is 5.97 Å². The fraction of sp³-hybridized carbons (Fsp3) is 0.500. The zero-order chi connectivity index (χ0) is 12.8. The highest BCUT2D eigenvalue weighted by Crippen LogP contribution is 2.20. The number of ether oxygens (including phenoxy) is 1. The van der Waals surface area contributed by atoms with Crippen LogP contribution in [0.3, 0.4) is 0 Å². The first kappa shape index (κ1) is 13.6. The number of rotatable bonds is 5. The Hall–Kier alpha value is -1.51. The van der Waals surface area contributed by atoms with Crippen LogP contribution in [0.1, 0.15) is 30.6 Å². The highest BCUT2D eigenvalue weighted by molar-refractivity contribution is 5.95. The van der Waals surface area contributed by atoms with Crippen molar-refractivity contribution in [2.24, 2.45) is 5.92 Å². The maximum atomic E-state index is 11.6. The molecule has 94 valence electrons. The van der Waals surface area contributed by atoms with E-state index >= 15 is 0 Å². The zero-order valence-corrected chi connectivity index (χ0v) is 11.1. The molecule has 3 heteroatoms. The molecule has 0 N–H and O–H groups in total. The van der Waals surface area contributed by atoms with Crippen LogP contribution in [0.4, 0.5) is 5.69 Å². The first-order valence-corrected chi connectivity index (χ1v) is 5.94. The molecule has 0 aromatic heterocycles. The maximum absolute atomic E-state index is 11.6. The van der Waals surface area contributed by atoms with Crippen LogP contribution in [0, 0.1) is 5.92 Å². The van der Waals surface area contributed by atoms with Crippen molar-refractivity contribution in [2.45, 2.75) is 20.3 Å². The van der Waals surface area contributed by atoms with Gasteiger partial charge in [0.25, 0.3) is 0 Å². The molecule has 0 aliphatic carbocycles. The summed E-state index contributed by atoms with van der Waals surface area (Å²) in [7, 11) is 3.41. The standard InChI is InChI=1S/C14H21NO2/c1-11(2)9-10-15(3)13-8-6-5-7-12(13)14(16)17-4/h5-8,11H,9-10H2,1-4H3. The number of methoxy groups -OCH3 is 1. The van der Waals surface area contributed by atoms with E-state index in [2.05, 4.69) is 18.7 Å². The molecule has 17 heavy (non-hydrogen) atoms. The fourth-order valence-electron chi connectivity index (χ4n) is 1.66. The minimum Gasteiger partial charge on any atom is -0.465 e. The quantitative estimate of drug-likeness (QED) is 0.735. The molecule has 1 rings (SSSR count). The van der Waals surface area contributed by atoms with E-state index in [0.717, 1.165) is 18.7 Å². The average molecular weight is 235 g/mol. The van der Waals surface area contributed by atoms with Gasteiger partial charge in [-0.3, -0.25) is 0 Å². The molecule has 0 aliphatic heterocycles. The molecule has 0 unspecified atom stereocenters. The molecule has 0 saturated heterocycles. The third-order valence-corrected chi connectivity index (χ3v) is 2.76. The lowest BCUT2D eigenvalue weighted by atomic mass is 10.1. The molecule has 0 heterocycles. The topological polar surface area (TPSA) is 29.5 Å². The van der Waals surface area contributed by atoms with Crippen LogP contribution in [0.15, 0.2) is 24.3 Å². The first-order valence-electron chi connectivity index (χ1n) is 5.94. The van der Waals surface area contributed by atoms with Crippen molar-refractivity contribution in [1.82, 2.24) is 0 Å². The molecule has 0 atom stereocenters. The number of carbonyl (C=O) groups is 1. The Morgan fingerprint density at radius 2 is 2.00 bits per heavy atom.